The van der Waals surface area contributed by atoms with E-state index >= 15 is 0 Å². The van der Waals surface area contributed by atoms with Crippen LogP contribution in [0.25, 0.3) is 0 Å². The fraction of sp³-hybridized carbons (Fsp3) is 0.0370. The summed E-state index contributed by atoms with van der Waals surface area (Å²) in [5.41, 5.74) is 10.1. The van der Waals surface area contributed by atoms with Gasteiger partial charge in [-0.1, -0.05) is 60.2 Å². The van der Waals surface area contributed by atoms with Gasteiger partial charge in [-0.25, -0.2) is 0 Å². The van der Waals surface area contributed by atoms with Crippen molar-refractivity contribution in [2.75, 3.05) is 11.1 Å². The number of carbonyl (C=O) groups excluding carboxylic acids is 2. The number of para-hydroxylation sites is 1. The summed E-state index contributed by atoms with van der Waals surface area (Å²) in [6.07, 6.45) is 0. The molecule has 5 nitrogen and oxygen atoms in total. The van der Waals surface area contributed by atoms with Crippen LogP contribution in [0, 0.1) is 6.92 Å². The third-order valence-electron chi connectivity index (χ3n) is 5.50. The number of ether oxygens (including phenoxy) is 1. The molecule has 0 fully saturated rings. The van der Waals surface area contributed by atoms with Gasteiger partial charge in [-0.3, -0.25) is 9.59 Å². The number of fused-ring (bicyclic) bond motifs is 2. The number of nitrogen functional groups attached to an aromatic ring is 1. The zero-order valence-corrected chi connectivity index (χ0v) is 17.4. The molecule has 0 atom stereocenters. The average Bonchev–Trinajstić information content (AvgIpc) is 2.81. The highest BCUT2D eigenvalue weighted by atomic mass is 16.5. The number of anilines is 3. The molecule has 156 valence electrons. The Kier molecular flexibility index (Phi) is 4.71. The quantitative estimate of drug-likeness (QED) is 0.354. The standard InChI is InChI=1S/C27H20N2O3/c1-16-11-13-17(14-12-16)29-21-15-22(32-18-7-3-2-4-8-18)25(28)24-23(21)26(30)19-9-5-6-10-20(19)27(24)31/h2-15,29H,28H2,1H3. The second-order valence-corrected chi connectivity index (χ2v) is 7.70. The van der Waals surface area contributed by atoms with Gasteiger partial charge in [0.05, 0.1) is 22.5 Å². The summed E-state index contributed by atoms with van der Waals surface area (Å²) in [7, 11) is 0. The lowest BCUT2D eigenvalue weighted by molar-refractivity contribution is 0.0980. The van der Waals surface area contributed by atoms with Crippen LogP contribution in [-0.2, 0) is 0 Å². The van der Waals surface area contributed by atoms with Gasteiger partial charge in [-0.15, -0.1) is 0 Å². The van der Waals surface area contributed by atoms with Crippen molar-refractivity contribution in [3.05, 3.63) is 113 Å². The van der Waals surface area contributed by atoms with Crippen LogP contribution in [0.4, 0.5) is 17.1 Å². The number of hydrogen-bond donors (Lipinski definition) is 2. The van der Waals surface area contributed by atoms with E-state index in [2.05, 4.69) is 5.32 Å². The largest absolute Gasteiger partial charge is 0.455 e. The van der Waals surface area contributed by atoms with Gasteiger partial charge < -0.3 is 15.8 Å². The summed E-state index contributed by atoms with van der Waals surface area (Å²) < 4.78 is 6.02. The first-order valence-corrected chi connectivity index (χ1v) is 10.2. The number of carbonyl (C=O) groups is 2. The van der Waals surface area contributed by atoms with Crippen molar-refractivity contribution >= 4 is 28.6 Å². The zero-order chi connectivity index (χ0) is 22.2. The predicted octanol–water partition coefficient (Wildman–Crippen LogP) is 5.89. The highest BCUT2D eigenvalue weighted by molar-refractivity contribution is 6.32. The molecule has 1 aliphatic rings. The minimum absolute atomic E-state index is 0.145. The fourth-order valence-electron chi connectivity index (χ4n) is 3.88. The van der Waals surface area contributed by atoms with Crippen LogP contribution in [0.3, 0.4) is 0 Å². The Labute approximate surface area is 185 Å². The third-order valence-corrected chi connectivity index (χ3v) is 5.50. The summed E-state index contributed by atoms with van der Waals surface area (Å²) in [4.78, 5) is 26.9. The predicted molar refractivity (Wildman–Crippen MR) is 125 cm³/mol. The van der Waals surface area contributed by atoms with Crippen molar-refractivity contribution in [3.63, 3.8) is 0 Å². The van der Waals surface area contributed by atoms with Gasteiger partial charge in [-0.2, -0.15) is 0 Å². The molecule has 0 aromatic heterocycles. The second kappa shape index (κ2) is 7.71. The Morgan fingerprint density at radius 1 is 0.750 bits per heavy atom. The van der Waals surface area contributed by atoms with Crippen LogP contribution in [0.15, 0.2) is 84.9 Å². The van der Waals surface area contributed by atoms with Crippen molar-refractivity contribution in [1.82, 2.24) is 0 Å². The van der Waals surface area contributed by atoms with E-state index in [-0.39, 0.29) is 28.4 Å². The van der Waals surface area contributed by atoms with Gasteiger partial charge in [0.1, 0.15) is 5.75 Å². The third kappa shape index (κ3) is 3.30. The first kappa shape index (κ1) is 19.6. The van der Waals surface area contributed by atoms with E-state index in [0.29, 0.717) is 28.3 Å². The molecule has 0 heterocycles. The molecular weight excluding hydrogens is 400 g/mol. The molecule has 4 aromatic carbocycles. The molecule has 0 spiro atoms. The van der Waals surface area contributed by atoms with Gasteiger partial charge in [0.25, 0.3) is 0 Å². The van der Waals surface area contributed by atoms with Gasteiger partial charge in [0.15, 0.2) is 17.3 Å². The Balaban J connectivity index is 1.70. The monoisotopic (exact) mass is 420 g/mol. The first-order valence-electron chi connectivity index (χ1n) is 10.2. The Morgan fingerprint density at radius 2 is 1.34 bits per heavy atom. The number of benzene rings is 4. The van der Waals surface area contributed by atoms with Crippen LogP contribution in [0.1, 0.15) is 37.4 Å². The molecule has 5 heteroatoms. The lowest BCUT2D eigenvalue weighted by atomic mass is 9.82. The Morgan fingerprint density at radius 3 is 2.00 bits per heavy atom. The molecule has 4 aromatic rings. The molecule has 5 rings (SSSR count). The van der Waals surface area contributed by atoms with E-state index in [1.807, 2.05) is 49.4 Å². The maximum Gasteiger partial charge on any atom is 0.196 e. The van der Waals surface area contributed by atoms with Crippen LogP contribution in [0.2, 0.25) is 0 Å². The summed E-state index contributed by atoms with van der Waals surface area (Å²) in [6.45, 7) is 2.00. The molecule has 0 amide bonds. The van der Waals surface area contributed by atoms with Crippen LogP contribution < -0.4 is 15.8 Å². The number of hydrogen-bond acceptors (Lipinski definition) is 5. The highest BCUT2D eigenvalue weighted by Crippen LogP contribution is 2.42. The molecule has 0 saturated heterocycles. The Hall–Kier alpha value is -4.38. The zero-order valence-electron chi connectivity index (χ0n) is 17.4. The van der Waals surface area contributed by atoms with Crippen molar-refractivity contribution in [2.45, 2.75) is 6.92 Å². The van der Waals surface area contributed by atoms with Crippen molar-refractivity contribution in [3.8, 4) is 11.5 Å². The number of rotatable bonds is 4. The van der Waals surface area contributed by atoms with E-state index in [1.54, 1.807) is 42.5 Å². The molecular formula is C27H20N2O3. The molecule has 0 radical (unpaired) electrons. The van der Waals surface area contributed by atoms with Gasteiger partial charge in [-0.05, 0) is 31.2 Å². The van der Waals surface area contributed by atoms with E-state index < -0.39 is 0 Å². The van der Waals surface area contributed by atoms with E-state index in [0.717, 1.165) is 11.3 Å². The lowest BCUT2D eigenvalue weighted by Gasteiger charge is -2.24. The summed E-state index contributed by atoms with van der Waals surface area (Å²) in [6, 6.07) is 25.4. The summed E-state index contributed by atoms with van der Waals surface area (Å²) in [5.74, 6) is 0.349. The topological polar surface area (TPSA) is 81.4 Å². The second-order valence-electron chi connectivity index (χ2n) is 7.70. The van der Waals surface area contributed by atoms with Crippen LogP contribution in [-0.4, -0.2) is 11.6 Å². The van der Waals surface area contributed by atoms with E-state index in [9.17, 15) is 9.59 Å². The highest BCUT2D eigenvalue weighted by Gasteiger charge is 2.35. The van der Waals surface area contributed by atoms with Gasteiger partial charge in [0, 0.05) is 22.9 Å². The summed E-state index contributed by atoms with van der Waals surface area (Å²) in [5, 5.41) is 3.29. The van der Waals surface area contributed by atoms with Crippen LogP contribution in [0.5, 0.6) is 11.5 Å². The average molecular weight is 420 g/mol. The fourth-order valence-corrected chi connectivity index (χ4v) is 3.88. The maximum atomic E-state index is 13.5. The molecule has 0 bridgehead atoms. The number of nitrogens with one attached hydrogen (secondary N) is 1. The number of nitrogens with two attached hydrogens (primary N) is 1. The molecule has 32 heavy (non-hydrogen) atoms. The first-order chi connectivity index (χ1) is 15.5. The van der Waals surface area contributed by atoms with Gasteiger partial charge in [0.2, 0.25) is 0 Å². The van der Waals surface area contributed by atoms with Crippen LogP contribution >= 0.6 is 0 Å². The SMILES string of the molecule is Cc1ccc(Nc2cc(Oc3ccccc3)c(N)c3c2C(=O)c2ccccc2C3=O)cc1. The normalized spacial score (nSPS) is 12.2. The minimum atomic E-state index is -0.293. The maximum absolute atomic E-state index is 13.5. The van der Waals surface area contributed by atoms with Crippen molar-refractivity contribution in [2.24, 2.45) is 0 Å². The minimum Gasteiger partial charge on any atom is -0.455 e. The molecule has 3 N–H and O–H groups in total. The summed E-state index contributed by atoms with van der Waals surface area (Å²) >= 11 is 0. The molecule has 0 aliphatic heterocycles. The van der Waals surface area contributed by atoms with E-state index in [4.69, 9.17) is 10.5 Å². The van der Waals surface area contributed by atoms with Crippen molar-refractivity contribution < 1.29 is 14.3 Å². The molecule has 0 saturated carbocycles. The number of aryl methyl sites for hydroxylation is 1. The Bertz CT molecular complexity index is 1360. The van der Waals surface area contributed by atoms with E-state index in [1.165, 1.54) is 0 Å². The molecule has 1 aliphatic carbocycles. The number of ketones is 2. The van der Waals surface area contributed by atoms with Gasteiger partial charge >= 0.3 is 0 Å². The smallest absolute Gasteiger partial charge is 0.196 e. The van der Waals surface area contributed by atoms with Crippen molar-refractivity contribution in [1.29, 1.82) is 0 Å². The lowest BCUT2D eigenvalue weighted by Crippen LogP contribution is -2.24. The molecule has 0 unspecified atom stereocenters.